The van der Waals surface area contributed by atoms with E-state index in [4.69, 9.17) is 14.2 Å². The van der Waals surface area contributed by atoms with Crippen molar-refractivity contribution < 1.29 is 35.8 Å². The lowest BCUT2D eigenvalue weighted by Crippen LogP contribution is -2.47. The summed E-state index contributed by atoms with van der Waals surface area (Å²) in [7, 11) is -8.87. The molecule has 0 spiro atoms. The van der Waals surface area contributed by atoms with Crippen LogP contribution in [0.4, 0.5) is 0 Å². The average Bonchev–Trinajstić information content (AvgIpc) is 3.33. The number of carbonyl (C=O) groups is 1. The molecule has 4 aromatic rings. The number of hydrogen-bond donors (Lipinski definition) is 0. The zero-order valence-electron chi connectivity index (χ0n) is 22.0. The van der Waals surface area contributed by atoms with E-state index in [2.05, 4.69) is 15.9 Å². The summed E-state index contributed by atoms with van der Waals surface area (Å²) in [5.74, 6) is -0.463. The summed E-state index contributed by atoms with van der Waals surface area (Å²) >= 11 is 3.36. The van der Waals surface area contributed by atoms with Crippen molar-refractivity contribution in [2.45, 2.75) is 22.8 Å². The quantitative estimate of drug-likeness (QED) is 0.244. The summed E-state index contributed by atoms with van der Waals surface area (Å²) in [4.78, 5) is 12.9. The van der Waals surface area contributed by atoms with Crippen molar-refractivity contribution >= 4 is 52.8 Å². The number of esters is 1. The van der Waals surface area contributed by atoms with Gasteiger partial charge in [0.15, 0.2) is 5.69 Å². The van der Waals surface area contributed by atoms with Crippen molar-refractivity contribution in [1.82, 2.24) is 8.28 Å². The molecule has 2 heterocycles. The van der Waals surface area contributed by atoms with Gasteiger partial charge in [-0.2, -0.15) is 4.31 Å². The van der Waals surface area contributed by atoms with Crippen molar-refractivity contribution in [2.75, 3.05) is 32.9 Å². The van der Waals surface area contributed by atoms with Gasteiger partial charge in [0.2, 0.25) is 10.0 Å². The van der Waals surface area contributed by atoms with Gasteiger partial charge in [0.25, 0.3) is 10.0 Å². The molecule has 5 rings (SSSR count). The lowest BCUT2D eigenvalue weighted by atomic mass is 10.2. The molecule has 1 aliphatic heterocycles. The van der Waals surface area contributed by atoms with Crippen LogP contribution in [0.2, 0.25) is 0 Å². The molecule has 1 saturated heterocycles. The van der Waals surface area contributed by atoms with Crippen LogP contribution < -0.4 is 4.74 Å². The molecule has 10 nitrogen and oxygen atoms in total. The number of para-hydroxylation sites is 1. The van der Waals surface area contributed by atoms with Crippen LogP contribution in [0.5, 0.6) is 5.75 Å². The maximum Gasteiger partial charge on any atom is 0.357 e. The molecule has 0 amide bonds. The monoisotopic (exact) mass is 662 g/mol. The number of fused-ring (bicyclic) bond motifs is 1. The Bertz CT molecular complexity index is 1780. The standard InChI is InChI=1S/C28H27BrN2O8S2/c1-2-37-28(32)26-27(41(35,36)30-15-16-38-22(18-30)19-39-21-9-5-3-6-10-21)24-17-20(29)13-14-25(24)31(26)40(33,34)23-11-7-4-8-12-23/h3-14,17,22H,2,15-16,18-19H2,1H3. The number of rotatable bonds is 9. The predicted molar refractivity (Wildman–Crippen MR) is 155 cm³/mol. The Balaban J connectivity index is 1.64. The summed E-state index contributed by atoms with van der Waals surface area (Å²) in [5, 5.41) is 0.0607. The van der Waals surface area contributed by atoms with Gasteiger partial charge in [-0.3, -0.25) is 0 Å². The fraction of sp³-hybridized carbons (Fsp3) is 0.250. The van der Waals surface area contributed by atoms with Crippen molar-refractivity contribution in [3.63, 3.8) is 0 Å². The van der Waals surface area contributed by atoms with Gasteiger partial charge in [-0.15, -0.1) is 0 Å². The first-order valence-electron chi connectivity index (χ1n) is 12.8. The van der Waals surface area contributed by atoms with Crippen LogP contribution >= 0.6 is 15.9 Å². The number of sulfonamides is 1. The van der Waals surface area contributed by atoms with Crippen LogP contribution in [-0.2, 0) is 29.5 Å². The van der Waals surface area contributed by atoms with Crippen LogP contribution in [0.1, 0.15) is 17.4 Å². The van der Waals surface area contributed by atoms with Crippen molar-refractivity contribution in [3.8, 4) is 5.75 Å². The van der Waals surface area contributed by atoms with Gasteiger partial charge in [0, 0.05) is 22.9 Å². The molecular formula is C28H27BrN2O8S2. The Morgan fingerprint density at radius 1 is 0.976 bits per heavy atom. The molecular weight excluding hydrogens is 636 g/mol. The van der Waals surface area contributed by atoms with Crippen molar-refractivity contribution in [2.24, 2.45) is 0 Å². The van der Waals surface area contributed by atoms with Gasteiger partial charge in [-0.05, 0) is 49.4 Å². The second kappa shape index (κ2) is 11.9. The third-order valence-corrected chi connectivity index (χ3v) is 10.6. The highest BCUT2D eigenvalue weighted by Gasteiger charge is 2.41. The van der Waals surface area contributed by atoms with Crippen LogP contribution in [0.15, 0.2) is 93.1 Å². The number of halogens is 1. The molecule has 0 N–H and O–H groups in total. The molecule has 0 radical (unpaired) electrons. The van der Waals surface area contributed by atoms with Gasteiger partial charge in [0.05, 0.1) is 23.6 Å². The summed E-state index contributed by atoms with van der Waals surface area (Å²) in [6.07, 6.45) is -0.599. The topological polar surface area (TPSA) is 121 Å². The Hall–Kier alpha value is -3.23. The number of aromatic nitrogens is 1. The fourth-order valence-electron chi connectivity index (χ4n) is 4.64. The fourth-order valence-corrected chi connectivity index (χ4v) is 8.39. The van der Waals surface area contributed by atoms with E-state index in [-0.39, 0.29) is 48.7 Å². The number of benzene rings is 3. The van der Waals surface area contributed by atoms with E-state index in [0.717, 1.165) is 3.97 Å². The van der Waals surface area contributed by atoms with Crippen LogP contribution in [0.25, 0.3) is 10.9 Å². The molecule has 41 heavy (non-hydrogen) atoms. The number of hydrogen-bond acceptors (Lipinski definition) is 8. The highest BCUT2D eigenvalue weighted by atomic mass is 79.9. The third-order valence-electron chi connectivity index (χ3n) is 6.47. The molecule has 3 aromatic carbocycles. The second-order valence-corrected chi connectivity index (χ2v) is 13.7. The number of ether oxygens (including phenoxy) is 3. The summed E-state index contributed by atoms with van der Waals surface area (Å²) in [5.41, 5.74) is -0.566. The van der Waals surface area contributed by atoms with Crippen molar-refractivity contribution in [3.05, 3.63) is 89.0 Å². The molecule has 1 aromatic heterocycles. The Morgan fingerprint density at radius 2 is 1.66 bits per heavy atom. The Labute approximate surface area is 246 Å². The summed E-state index contributed by atoms with van der Waals surface area (Å²) < 4.78 is 75.8. The zero-order valence-corrected chi connectivity index (χ0v) is 25.2. The van der Waals surface area contributed by atoms with Crippen LogP contribution in [0, 0.1) is 0 Å². The zero-order chi connectivity index (χ0) is 29.2. The minimum Gasteiger partial charge on any atom is -0.491 e. The Kier molecular flexibility index (Phi) is 8.52. The van der Waals surface area contributed by atoms with E-state index in [1.807, 2.05) is 18.2 Å². The van der Waals surface area contributed by atoms with E-state index in [1.54, 1.807) is 43.3 Å². The maximum atomic E-state index is 14.3. The molecule has 1 atom stereocenters. The molecule has 0 bridgehead atoms. The summed E-state index contributed by atoms with van der Waals surface area (Å²) in [6.45, 7) is 1.58. The van der Waals surface area contributed by atoms with Gasteiger partial charge < -0.3 is 14.2 Å². The molecule has 1 unspecified atom stereocenters. The van der Waals surface area contributed by atoms with Gasteiger partial charge in [-0.1, -0.05) is 52.3 Å². The number of morpholine rings is 1. The molecule has 1 fully saturated rings. The minimum atomic E-state index is -4.45. The first kappa shape index (κ1) is 29.3. The molecule has 0 saturated carbocycles. The smallest absolute Gasteiger partial charge is 0.357 e. The van der Waals surface area contributed by atoms with Crippen LogP contribution in [0.3, 0.4) is 0 Å². The minimum absolute atomic E-state index is 0.00144. The maximum absolute atomic E-state index is 14.3. The molecule has 0 aliphatic carbocycles. The summed E-state index contributed by atoms with van der Waals surface area (Å²) in [6, 6.07) is 21.1. The predicted octanol–water partition coefficient (Wildman–Crippen LogP) is 4.29. The van der Waals surface area contributed by atoms with E-state index >= 15 is 0 Å². The van der Waals surface area contributed by atoms with E-state index in [0.29, 0.717) is 10.2 Å². The third kappa shape index (κ3) is 5.77. The molecule has 1 aliphatic rings. The lowest BCUT2D eigenvalue weighted by Gasteiger charge is -2.32. The van der Waals surface area contributed by atoms with E-state index in [1.165, 1.54) is 28.6 Å². The van der Waals surface area contributed by atoms with Crippen LogP contribution in [-0.4, -0.2) is 70.1 Å². The molecule has 216 valence electrons. The lowest BCUT2D eigenvalue weighted by molar-refractivity contribution is -0.0249. The van der Waals surface area contributed by atoms with Crippen molar-refractivity contribution in [1.29, 1.82) is 0 Å². The number of carbonyl (C=O) groups excluding carboxylic acids is 1. The average molecular weight is 664 g/mol. The second-order valence-electron chi connectivity index (χ2n) is 9.12. The van der Waals surface area contributed by atoms with Gasteiger partial charge >= 0.3 is 5.97 Å². The first-order valence-corrected chi connectivity index (χ1v) is 16.4. The van der Waals surface area contributed by atoms with E-state index < -0.39 is 42.7 Å². The van der Waals surface area contributed by atoms with Gasteiger partial charge in [0.1, 0.15) is 23.4 Å². The molecule has 13 heteroatoms. The first-order chi connectivity index (χ1) is 19.6. The normalized spacial score (nSPS) is 16.5. The SMILES string of the molecule is CCOC(=O)c1c(S(=O)(=O)N2CCOC(COc3ccccc3)C2)c2cc(Br)ccc2n1S(=O)(=O)c1ccccc1. The highest BCUT2D eigenvalue weighted by molar-refractivity contribution is 9.10. The number of nitrogens with zero attached hydrogens (tertiary/aromatic N) is 2. The van der Waals surface area contributed by atoms with E-state index in [9.17, 15) is 21.6 Å². The van der Waals surface area contributed by atoms with Gasteiger partial charge in [-0.25, -0.2) is 25.6 Å². The largest absolute Gasteiger partial charge is 0.491 e. The highest BCUT2D eigenvalue weighted by Crippen LogP contribution is 2.37. The Morgan fingerprint density at radius 3 is 2.34 bits per heavy atom.